The van der Waals surface area contributed by atoms with E-state index in [1.165, 1.54) is 49.6 Å². The highest BCUT2D eigenvalue weighted by atomic mass is 32.1. The molecule has 2 unspecified atom stereocenters. The number of nitrogens with zero attached hydrogens (tertiary/aromatic N) is 2. The van der Waals surface area contributed by atoms with E-state index in [0.717, 1.165) is 32.2 Å². The van der Waals surface area contributed by atoms with Crippen LogP contribution in [0, 0.1) is 0 Å². The molecule has 2 aliphatic heterocycles. The van der Waals surface area contributed by atoms with E-state index in [1.807, 2.05) is 17.1 Å². The smallest absolute Gasteiger partial charge is 0.245 e. The first-order valence-electron chi connectivity index (χ1n) is 13.2. The van der Waals surface area contributed by atoms with Gasteiger partial charge in [-0.15, -0.1) is 0 Å². The van der Waals surface area contributed by atoms with Gasteiger partial charge >= 0.3 is 0 Å². The fraction of sp³-hybridized carbons (Fsp3) is 0.483. The fourth-order valence-corrected chi connectivity index (χ4v) is 5.31. The van der Waals surface area contributed by atoms with Gasteiger partial charge in [-0.05, 0) is 50.8 Å². The largest absolute Gasteiger partial charge is 0.356 e. The lowest BCUT2D eigenvalue weighted by Gasteiger charge is -2.30. The minimum absolute atomic E-state index is 0.0775. The zero-order chi connectivity index (χ0) is 25.2. The van der Waals surface area contributed by atoms with Crippen molar-refractivity contribution < 1.29 is 9.59 Å². The summed E-state index contributed by atoms with van der Waals surface area (Å²) in [4.78, 5) is 30.2. The van der Waals surface area contributed by atoms with Gasteiger partial charge in [0.15, 0.2) is 0 Å². The molecular weight excluding hydrogens is 468 g/mol. The highest BCUT2D eigenvalue weighted by Gasteiger charge is 2.34. The van der Waals surface area contributed by atoms with E-state index in [0.29, 0.717) is 18.0 Å². The number of hydrogen-bond donors (Lipinski definition) is 2. The van der Waals surface area contributed by atoms with Crippen LogP contribution < -0.4 is 10.6 Å². The first-order chi connectivity index (χ1) is 17.6. The van der Waals surface area contributed by atoms with Crippen LogP contribution >= 0.6 is 12.2 Å². The van der Waals surface area contributed by atoms with E-state index in [9.17, 15) is 9.59 Å². The molecule has 0 bridgehead atoms. The second-order valence-electron chi connectivity index (χ2n) is 9.98. The third kappa shape index (κ3) is 8.14. The van der Waals surface area contributed by atoms with Crippen molar-refractivity contribution in [3.63, 3.8) is 0 Å². The molecule has 2 amide bonds. The summed E-state index contributed by atoms with van der Waals surface area (Å²) in [5, 5.41) is 5.99. The average Bonchev–Trinajstić information content (AvgIpc) is 3.06. The number of hydrogen-bond acceptors (Lipinski definition) is 4. The van der Waals surface area contributed by atoms with Gasteiger partial charge < -0.3 is 15.5 Å². The molecule has 0 aromatic heterocycles. The first kappa shape index (κ1) is 26.3. The Morgan fingerprint density at radius 3 is 2.83 bits per heavy atom. The zero-order valence-electron chi connectivity index (χ0n) is 21.0. The third-order valence-corrected chi connectivity index (χ3v) is 7.46. The number of allylic oxidation sites excluding steroid dienone is 6. The predicted octanol–water partition coefficient (Wildman–Crippen LogP) is 4.10. The van der Waals surface area contributed by atoms with Crippen LogP contribution in [-0.4, -0.2) is 64.9 Å². The monoisotopic (exact) mass is 506 g/mol. The second-order valence-corrected chi connectivity index (χ2v) is 10.5. The summed E-state index contributed by atoms with van der Waals surface area (Å²) in [6.45, 7) is 3.92. The maximum Gasteiger partial charge on any atom is 0.245 e. The number of nitrogens with one attached hydrogen (secondary N) is 2. The lowest BCUT2D eigenvalue weighted by atomic mass is 10.0. The van der Waals surface area contributed by atoms with Crippen LogP contribution in [-0.2, 0) is 9.59 Å². The van der Waals surface area contributed by atoms with Crippen molar-refractivity contribution in [1.82, 2.24) is 20.4 Å². The van der Waals surface area contributed by atoms with Crippen LogP contribution in [0.25, 0.3) is 0 Å². The molecule has 0 aromatic carbocycles. The standard InChI is InChI=1S/C29H38N4O2S/c34-27(16-17-30-28(36)15-12-23-8-4-1-2-5-9-23)31-25-20-29(35)33(22-25)26-13-10-24(11-14-26)21-32-18-6-3-7-19-32/h1-2,4-5,8,10-11,13,16-17,25-26H,3,6-7,9,12,14-15,18-22H2,(H,30,36)(H,31,34)/b17-16+. The summed E-state index contributed by atoms with van der Waals surface area (Å²) in [5.41, 5.74) is 2.68. The average molecular weight is 507 g/mol. The third-order valence-electron chi connectivity index (χ3n) is 7.14. The van der Waals surface area contributed by atoms with E-state index in [2.05, 4.69) is 52.0 Å². The molecule has 4 rings (SSSR count). The van der Waals surface area contributed by atoms with E-state index in [4.69, 9.17) is 12.2 Å². The summed E-state index contributed by atoms with van der Waals surface area (Å²) in [7, 11) is 0. The van der Waals surface area contributed by atoms with Crippen LogP contribution in [0.3, 0.4) is 0 Å². The van der Waals surface area contributed by atoms with Gasteiger partial charge in [-0.1, -0.05) is 72.8 Å². The molecule has 6 nitrogen and oxygen atoms in total. The highest BCUT2D eigenvalue weighted by Crippen LogP contribution is 2.23. The van der Waals surface area contributed by atoms with Gasteiger partial charge in [-0.2, -0.15) is 0 Å². The molecule has 2 heterocycles. The number of carbonyl (C=O) groups excluding carboxylic acids is 2. The van der Waals surface area contributed by atoms with Crippen LogP contribution in [0.5, 0.6) is 0 Å². The van der Waals surface area contributed by atoms with E-state index >= 15 is 0 Å². The van der Waals surface area contributed by atoms with Crippen molar-refractivity contribution in [2.45, 2.75) is 63.5 Å². The van der Waals surface area contributed by atoms with Gasteiger partial charge in [-0.3, -0.25) is 14.5 Å². The zero-order valence-corrected chi connectivity index (χ0v) is 21.8. The van der Waals surface area contributed by atoms with Gasteiger partial charge in [0.1, 0.15) is 0 Å². The Kier molecular flexibility index (Phi) is 9.87. The number of piperidine rings is 1. The molecule has 2 fully saturated rings. The molecule has 0 aromatic rings. The summed E-state index contributed by atoms with van der Waals surface area (Å²) in [6.07, 6.45) is 27.7. The Hall–Kier alpha value is -2.77. The summed E-state index contributed by atoms with van der Waals surface area (Å²) in [6, 6.07) is -0.0920. The number of thiocarbonyl (C=S) groups is 1. The molecule has 2 saturated heterocycles. The Balaban J connectivity index is 1.15. The van der Waals surface area contributed by atoms with Crippen molar-refractivity contribution in [3.05, 3.63) is 72.0 Å². The lowest BCUT2D eigenvalue weighted by molar-refractivity contribution is -0.128. The van der Waals surface area contributed by atoms with Crippen LogP contribution in [0.15, 0.2) is 72.0 Å². The topological polar surface area (TPSA) is 64.7 Å². The predicted molar refractivity (Wildman–Crippen MR) is 149 cm³/mol. The lowest BCUT2D eigenvalue weighted by Crippen LogP contribution is -2.40. The molecule has 2 N–H and O–H groups in total. The van der Waals surface area contributed by atoms with E-state index in [-0.39, 0.29) is 23.9 Å². The fourth-order valence-electron chi connectivity index (χ4n) is 5.14. The molecule has 36 heavy (non-hydrogen) atoms. The van der Waals surface area contributed by atoms with E-state index < -0.39 is 0 Å². The second kappa shape index (κ2) is 13.5. The Bertz CT molecular complexity index is 1000. The normalized spacial score (nSPS) is 24.6. The molecule has 0 spiro atoms. The molecule has 2 atom stereocenters. The maximum atomic E-state index is 12.6. The SMILES string of the molecule is O=C(/C=C/NC(=S)CCC1=CC=CC=CC1)NC1CC(=O)N(C2C=CC(CN3CCCCC3)=CC2)C1. The molecule has 4 aliphatic rings. The number of carbonyl (C=O) groups is 2. The van der Waals surface area contributed by atoms with Crippen LogP contribution in [0.1, 0.15) is 51.4 Å². The molecule has 0 radical (unpaired) electrons. The molecule has 2 aliphatic carbocycles. The minimum Gasteiger partial charge on any atom is -0.356 e. The number of likely N-dealkylation sites (tertiary alicyclic amines) is 2. The van der Waals surface area contributed by atoms with Crippen molar-refractivity contribution >= 4 is 29.0 Å². The summed E-state index contributed by atoms with van der Waals surface area (Å²) in [5.74, 6) is -0.113. The van der Waals surface area contributed by atoms with Gasteiger partial charge in [-0.25, -0.2) is 0 Å². The maximum absolute atomic E-state index is 12.6. The van der Waals surface area contributed by atoms with Gasteiger partial charge in [0, 0.05) is 38.2 Å². The van der Waals surface area contributed by atoms with Crippen molar-refractivity contribution in [2.24, 2.45) is 0 Å². The first-order valence-corrected chi connectivity index (χ1v) is 13.6. The Morgan fingerprint density at radius 2 is 2.03 bits per heavy atom. The minimum atomic E-state index is -0.213. The van der Waals surface area contributed by atoms with Crippen LogP contribution in [0.2, 0.25) is 0 Å². The Morgan fingerprint density at radius 1 is 1.17 bits per heavy atom. The van der Waals surface area contributed by atoms with Crippen LogP contribution in [0.4, 0.5) is 0 Å². The van der Waals surface area contributed by atoms with Gasteiger partial charge in [0.05, 0.1) is 17.1 Å². The summed E-state index contributed by atoms with van der Waals surface area (Å²) >= 11 is 5.39. The quantitative estimate of drug-likeness (QED) is 0.364. The number of rotatable bonds is 9. The summed E-state index contributed by atoms with van der Waals surface area (Å²) < 4.78 is 0. The van der Waals surface area contributed by atoms with Gasteiger partial charge in [0.2, 0.25) is 11.8 Å². The molecule has 7 heteroatoms. The highest BCUT2D eigenvalue weighted by molar-refractivity contribution is 7.80. The van der Waals surface area contributed by atoms with Crippen molar-refractivity contribution in [3.8, 4) is 0 Å². The van der Waals surface area contributed by atoms with Gasteiger partial charge in [0.25, 0.3) is 0 Å². The van der Waals surface area contributed by atoms with Crippen molar-refractivity contribution in [1.29, 1.82) is 0 Å². The van der Waals surface area contributed by atoms with Crippen molar-refractivity contribution in [2.75, 3.05) is 26.2 Å². The molecule has 192 valence electrons. The molecule has 0 saturated carbocycles. The Labute approximate surface area is 220 Å². The number of amides is 2. The molecular formula is C29H38N4O2S. The van der Waals surface area contributed by atoms with E-state index in [1.54, 1.807) is 6.20 Å².